The van der Waals surface area contributed by atoms with Crippen molar-refractivity contribution in [2.24, 2.45) is 0 Å². The number of para-hydroxylation sites is 2. The van der Waals surface area contributed by atoms with E-state index in [1.807, 2.05) is 48.5 Å². The van der Waals surface area contributed by atoms with Crippen LogP contribution in [0, 0.1) is 0 Å². The molecule has 0 N–H and O–H groups in total. The summed E-state index contributed by atoms with van der Waals surface area (Å²) in [6, 6.07) is 13.2. The molecular weight excluding hydrogens is 324 g/mol. The molecule has 0 radical (unpaired) electrons. The van der Waals surface area contributed by atoms with Gasteiger partial charge in [-0.05, 0) is 35.9 Å². The van der Waals surface area contributed by atoms with E-state index in [0.717, 1.165) is 16.6 Å². The minimum absolute atomic E-state index is 0.0570. The molecule has 4 aromatic rings. The first-order valence-electron chi connectivity index (χ1n) is 7.35. The van der Waals surface area contributed by atoms with Crippen LogP contribution in [0.4, 0.5) is 0 Å². The highest BCUT2D eigenvalue weighted by molar-refractivity contribution is 7.15. The van der Waals surface area contributed by atoms with Gasteiger partial charge in [0.15, 0.2) is 16.5 Å². The van der Waals surface area contributed by atoms with E-state index in [4.69, 9.17) is 9.47 Å². The minimum atomic E-state index is -0.0570. The van der Waals surface area contributed by atoms with E-state index < -0.39 is 0 Å². The van der Waals surface area contributed by atoms with Crippen molar-refractivity contribution < 1.29 is 9.47 Å². The molecule has 0 unspecified atom stereocenters. The number of aromatic nitrogens is 2. The fourth-order valence-corrected chi connectivity index (χ4v) is 3.69. The lowest BCUT2D eigenvalue weighted by Gasteiger charge is -2.07. The molecule has 0 spiro atoms. The van der Waals surface area contributed by atoms with Crippen molar-refractivity contribution in [1.29, 1.82) is 0 Å². The summed E-state index contributed by atoms with van der Waals surface area (Å²) in [6.07, 6.45) is 1.85. The maximum Gasteiger partial charge on any atom is 0.274 e. The van der Waals surface area contributed by atoms with Gasteiger partial charge >= 0.3 is 0 Å². The summed E-state index contributed by atoms with van der Waals surface area (Å²) in [4.78, 5) is 17.9. The highest BCUT2D eigenvalue weighted by atomic mass is 32.1. The highest BCUT2D eigenvalue weighted by Crippen LogP contribution is 2.27. The highest BCUT2D eigenvalue weighted by Gasteiger charge is 2.11. The molecule has 24 heavy (non-hydrogen) atoms. The van der Waals surface area contributed by atoms with E-state index in [1.165, 1.54) is 11.3 Å². The standard InChI is InChI=1S/C18H14N2O3S/c1-22-14-8-7-11(9-15(14)23-2)10-16-17(21)20-13-6-4-3-5-12(13)19-18(20)24-16/h3-10H,1-2H3. The molecule has 2 heterocycles. The maximum absolute atomic E-state index is 12.7. The lowest BCUT2D eigenvalue weighted by Crippen LogP contribution is -2.22. The summed E-state index contributed by atoms with van der Waals surface area (Å²) in [5.74, 6) is 1.29. The van der Waals surface area contributed by atoms with Crippen LogP contribution in [0.25, 0.3) is 22.1 Å². The third kappa shape index (κ3) is 2.23. The van der Waals surface area contributed by atoms with Gasteiger partial charge in [-0.25, -0.2) is 9.38 Å². The number of nitrogens with zero attached hydrogens (tertiary/aromatic N) is 2. The average Bonchev–Trinajstić information content (AvgIpc) is 3.11. The molecule has 0 saturated carbocycles. The number of fused-ring (bicyclic) bond motifs is 3. The van der Waals surface area contributed by atoms with Gasteiger partial charge in [0.05, 0.1) is 29.8 Å². The van der Waals surface area contributed by atoms with Gasteiger partial charge in [0.1, 0.15) is 0 Å². The Morgan fingerprint density at radius 2 is 1.88 bits per heavy atom. The Morgan fingerprint density at radius 1 is 1.08 bits per heavy atom. The largest absolute Gasteiger partial charge is 0.493 e. The van der Waals surface area contributed by atoms with Crippen LogP contribution in [0.5, 0.6) is 11.5 Å². The van der Waals surface area contributed by atoms with E-state index in [1.54, 1.807) is 18.6 Å². The number of imidazole rings is 1. The van der Waals surface area contributed by atoms with Crippen LogP contribution in [0.2, 0.25) is 0 Å². The number of methoxy groups -OCH3 is 2. The van der Waals surface area contributed by atoms with Crippen LogP contribution >= 0.6 is 11.3 Å². The van der Waals surface area contributed by atoms with Gasteiger partial charge in [-0.15, -0.1) is 0 Å². The molecule has 2 aromatic carbocycles. The van der Waals surface area contributed by atoms with E-state index in [-0.39, 0.29) is 5.56 Å². The van der Waals surface area contributed by atoms with Crippen molar-refractivity contribution in [3.63, 3.8) is 0 Å². The molecule has 5 nitrogen and oxygen atoms in total. The Labute approximate surface area is 141 Å². The Bertz CT molecular complexity index is 1160. The fourth-order valence-electron chi connectivity index (χ4n) is 2.71. The van der Waals surface area contributed by atoms with Gasteiger partial charge in [0, 0.05) is 0 Å². The zero-order valence-corrected chi connectivity index (χ0v) is 14.0. The molecule has 120 valence electrons. The molecule has 0 fully saturated rings. The molecule has 2 aromatic heterocycles. The zero-order chi connectivity index (χ0) is 16.7. The summed E-state index contributed by atoms with van der Waals surface area (Å²) in [6.45, 7) is 0. The van der Waals surface area contributed by atoms with Crippen molar-refractivity contribution in [2.75, 3.05) is 14.2 Å². The minimum Gasteiger partial charge on any atom is -0.493 e. The van der Waals surface area contributed by atoms with Gasteiger partial charge in [0.25, 0.3) is 5.56 Å². The van der Waals surface area contributed by atoms with Gasteiger partial charge in [-0.2, -0.15) is 0 Å². The molecular formula is C18H14N2O3S. The normalized spacial score (nSPS) is 12.2. The van der Waals surface area contributed by atoms with Crippen molar-refractivity contribution in [1.82, 2.24) is 9.38 Å². The molecule has 0 aliphatic rings. The van der Waals surface area contributed by atoms with E-state index in [2.05, 4.69) is 4.98 Å². The number of benzene rings is 2. The van der Waals surface area contributed by atoms with Crippen molar-refractivity contribution in [3.05, 3.63) is 62.9 Å². The Morgan fingerprint density at radius 3 is 2.67 bits per heavy atom. The summed E-state index contributed by atoms with van der Waals surface area (Å²) >= 11 is 1.38. The van der Waals surface area contributed by atoms with Crippen LogP contribution in [-0.4, -0.2) is 23.6 Å². The molecule has 0 bridgehead atoms. The number of ether oxygens (including phenoxy) is 2. The second kappa shape index (κ2) is 5.65. The number of rotatable bonds is 3. The monoisotopic (exact) mass is 338 g/mol. The smallest absolute Gasteiger partial charge is 0.274 e. The first-order chi connectivity index (χ1) is 11.7. The molecule has 0 aliphatic carbocycles. The Hall–Kier alpha value is -2.86. The Kier molecular flexibility index (Phi) is 3.46. The van der Waals surface area contributed by atoms with Crippen LogP contribution in [-0.2, 0) is 0 Å². The maximum atomic E-state index is 12.7. The summed E-state index contributed by atoms with van der Waals surface area (Å²) < 4.78 is 12.8. The second-order valence-electron chi connectivity index (χ2n) is 5.25. The molecule has 0 amide bonds. The summed E-state index contributed by atoms with van der Waals surface area (Å²) in [5, 5.41) is 0. The van der Waals surface area contributed by atoms with Crippen LogP contribution < -0.4 is 19.6 Å². The molecule has 0 atom stereocenters. The van der Waals surface area contributed by atoms with E-state index in [0.29, 0.717) is 21.0 Å². The molecule has 0 aliphatic heterocycles. The Balaban J connectivity index is 1.92. The van der Waals surface area contributed by atoms with Gasteiger partial charge < -0.3 is 9.47 Å². The average molecular weight is 338 g/mol. The quantitative estimate of drug-likeness (QED) is 0.576. The molecule has 6 heteroatoms. The van der Waals surface area contributed by atoms with Crippen LogP contribution in [0.15, 0.2) is 47.3 Å². The lowest BCUT2D eigenvalue weighted by molar-refractivity contribution is 0.355. The topological polar surface area (TPSA) is 52.8 Å². The number of hydrogen-bond donors (Lipinski definition) is 0. The van der Waals surface area contributed by atoms with E-state index >= 15 is 0 Å². The fraction of sp³-hybridized carbons (Fsp3) is 0.111. The third-order valence-corrected chi connectivity index (χ3v) is 4.82. The SMILES string of the molecule is COc1ccc(C=c2sc3nc4ccccc4n3c2=O)cc1OC. The second-order valence-corrected chi connectivity index (χ2v) is 6.26. The predicted octanol–water partition coefficient (Wildman–Crippen LogP) is 2.47. The summed E-state index contributed by atoms with van der Waals surface area (Å²) in [7, 11) is 3.18. The zero-order valence-electron chi connectivity index (χ0n) is 13.1. The van der Waals surface area contributed by atoms with E-state index in [9.17, 15) is 4.79 Å². The molecule has 0 saturated heterocycles. The lowest BCUT2D eigenvalue weighted by atomic mass is 10.2. The van der Waals surface area contributed by atoms with Gasteiger partial charge in [0.2, 0.25) is 0 Å². The predicted molar refractivity (Wildman–Crippen MR) is 95.2 cm³/mol. The first-order valence-corrected chi connectivity index (χ1v) is 8.16. The van der Waals surface area contributed by atoms with Gasteiger partial charge in [-0.1, -0.05) is 29.5 Å². The third-order valence-electron chi connectivity index (χ3n) is 3.85. The van der Waals surface area contributed by atoms with Crippen molar-refractivity contribution in [3.8, 4) is 11.5 Å². The van der Waals surface area contributed by atoms with Crippen LogP contribution in [0.3, 0.4) is 0 Å². The van der Waals surface area contributed by atoms with Crippen molar-refractivity contribution >= 4 is 33.4 Å². The number of thiazole rings is 1. The van der Waals surface area contributed by atoms with Gasteiger partial charge in [-0.3, -0.25) is 4.79 Å². The first kappa shape index (κ1) is 14.7. The number of hydrogen-bond acceptors (Lipinski definition) is 5. The summed E-state index contributed by atoms with van der Waals surface area (Å²) in [5.41, 5.74) is 2.48. The van der Waals surface area contributed by atoms with Crippen molar-refractivity contribution in [2.45, 2.75) is 0 Å². The van der Waals surface area contributed by atoms with Crippen LogP contribution in [0.1, 0.15) is 5.56 Å². The molecule has 4 rings (SSSR count).